The number of anilines is 1. The van der Waals surface area contributed by atoms with Gasteiger partial charge in [0.05, 0.1) is 5.69 Å². The molecular formula is C30H26N4. The fourth-order valence-corrected chi connectivity index (χ4v) is 3.92. The van der Waals surface area contributed by atoms with Gasteiger partial charge in [0.1, 0.15) is 5.82 Å². The lowest BCUT2D eigenvalue weighted by Crippen LogP contribution is -2.18. The summed E-state index contributed by atoms with van der Waals surface area (Å²) >= 11 is 0. The number of rotatable bonds is 6. The van der Waals surface area contributed by atoms with Crippen LogP contribution in [0, 0.1) is 6.92 Å². The number of aryl methyl sites for hydroxylation is 1. The van der Waals surface area contributed by atoms with Gasteiger partial charge in [-0.05, 0) is 24.1 Å². The Morgan fingerprint density at radius 3 is 2.06 bits per heavy atom. The van der Waals surface area contributed by atoms with E-state index < -0.39 is 0 Å². The van der Waals surface area contributed by atoms with Crippen LogP contribution < -0.4 is 4.90 Å². The fraction of sp³-hybridized carbons (Fsp3) is 0.100. The molecule has 2 heterocycles. The van der Waals surface area contributed by atoms with Crippen molar-refractivity contribution in [3.8, 4) is 33.8 Å². The summed E-state index contributed by atoms with van der Waals surface area (Å²) in [4.78, 5) is 16.5. The van der Waals surface area contributed by atoms with Crippen LogP contribution in [-0.2, 0) is 6.54 Å². The normalized spacial score (nSPS) is 10.8. The average molecular weight is 443 g/mol. The molecule has 5 aromatic rings. The van der Waals surface area contributed by atoms with Crippen LogP contribution in [0.3, 0.4) is 0 Å². The summed E-state index contributed by atoms with van der Waals surface area (Å²) in [6, 6.07) is 33.2. The summed E-state index contributed by atoms with van der Waals surface area (Å²) in [5.74, 6) is 1.57. The summed E-state index contributed by atoms with van der Waals surface area (Å²) in [5.41, 5.74) is 7.48. The van der Waals surface area contributed by atoms with Crippen molar-refractivity contribution in [3.63, 3.8) is 0 Å². The van der Waals surface area contributed by atoms with E-state index in [0.29, 0.717) is 5.82 Å². The Morgan fingerprint density at radius 2 is 1.32 bits per heavy atom. The quantitative estimate of drug-likeness (QED) is 0.289. The molecule has 0 aliphatic rings. The highest BCUT2D eigenvalue weighted by Crippen LogP contribution is 2.29. The average Bonchev–Trinajstić information content (AvgIpc) is 2.90. The van der Waals surface area contributed by atoms with Crippen LogP contribution in [0.1, 0.15) is 11.1 Å². The van der Waals surface area contributed by atoms with E-state index in [-0.39, 0.29) is 0 Å². The summed E-state index contributed by atoms with van der Waals surface area (Å²) < 4.78 is 0. The molecule has 0 N–H and O–H groups in total. The Kier molecular flexibility index (Phi) is 6.13. The molecule has 0 atom stereocenters. The zero-order valence-corrected chi connectivity index (χ0v) is 19.4. The first-order chi connectivity index (χ1) is 16.7. The van der Waals surface area contributed by atoms with Gasteiger partial charge in [0, 0.05) is 48.7 Å². The van der Waals surface area contributed by atoms with Crippen molar-refractivity contribution in [1.82, 2.24) is 15.0 Å². The second kappa shape index (κ2) is 9.67. The first-order valence-electron chi connectivity index (χ1n) is 11.4. The number of pyridine rings is 1. The van der Waals surface area contributed by atoms with Gasteiger partial charge in [-0.2, -0.15) is 0 Å². The lowest BCUT2D eigenvalue weighted by Gasteiger charge is -2.20. The van der Waals surface area contributed by atoms with Gasteiger partial charge in [-0.3, -0.25) is 4.98 Å². The van der Waals surface area contributed by atoms with Crippen molar-refractivity contribution in [1.29, 1.82) is 0 Å². The van der Waals surface area contributed by atoms with E-state index in [1.807, 2.05) is 54.9 Å². The van der Waals surface area contributed by atoms with E-state index in [0.717, 1.165) is 40.3 Å². The van der Waals surface area contributed by atoms with Crippen molar-refractivity contribution in [3.05, 3.63) is 121 Å². The van der Waals surface area contributed by atoms with Crippen molar-refractivity contribution in [2.24, 2.45) is 0 Å². The zero-order valence-electron chi connectivity index (χ0n) is 19.4. The number of aromatic nitrogens is 3. The maximum Gasteiger partial charge on any atom is 0.162 e. The van der Waals surface area contributed by atoms with Gasteiger partial charge in [0.15, 0.2) is 5.82 Å². The van der Waals surface area contributed by atoms with Crippen molar-refractivity contribution < 1.29 is 0 Å². The van der Waals surface area contributed by atoms with Crippen LogP contribution in [-0.4, -0.2) is 22.0 Å². The zero-order chi connectivity index (χ0) is 23.3. The maximum atomic E-state index is 4.93. The molecule has 4 heteroatoms. The molecule has 0 unspecified atom stereocenters. The molecule has 166 valence electrons. The summed E-state index contributed by atoms with van der Waals surface area (Å²) in [5, 5.41) is 0. The second-order valence-corrected chi connectivity index (χ2v) is 8.47. The minimum Gasteiger partial charge on any atom is -0.355 e. The largest absolute Gasteiger partial charge is 0.355 e. The molecule has 0 amide bonds. The first kappa shape index (κ1) is 21.5. The molecule has 3 aromatic carbocycles. The van der Waals surface area contributed by atoms with E-state index in [2.05, 4.69) is 78.5 Å². The molecule has 0 radical (unpaired) electrons. The molecule has 0 spiro atoms. The summed E-state index contributed by atoms with van der Waals surface area (Å²) in [7, 11) is 2.06. The van der Waals surface area contributed by atoms with Gasteiger partial charge in [-0.1, -0.05) is 90.5 Å². The van der Waals surface area contributed by atoms with Crippen LogP contribution in [0.5, 0.6) is 0 Å². The summed E-state index contributed by atoms with van der Waals surface area (Å²) in [6.07, 6.45) is 3.77. The molecule has 0 aliphatic carbocycles. The molecule has 4 nitrogen and oxygen atoms in total. The molecule has 0 bridgehead atoms. The SMILES string of the molecule is Cc1ccc(-c2cncc(-c3cc(N(C)Cc4ccccc4)nc(-c4ccccc4)n3)c2)cc1. The van der Waals surface area contributed by atoms with Crippen LogP contribution in [0.2, 0.25) is 0 Å². The Labute approximate surface area is 200 Å². The fourth-order valence-electron chi connectivity index (χ4n) is 3.92. The Hall–Kier alpha value is -4.31. The minimum atomic E-state index is 0.703. The Bertz CT molecular complexity index is 1380. The first-order valence-corrected chi connectivity index (χ1v) is 11.4. The van der Waals surface area contributed by atoms with Gasteiger partial charge in [-0.15, -0.1) is 0 Å². The highest BCUT2D eigenvalue weighted by atomic mass is 15.2. The third-order valence-corrected chi connectivity index (χ3v) is 5.82. The van der Waals surface area contributed by atoms with Gasteiger partial charge in [-0.25, -0.2) is 9.97 Å². The molecule has 0 fully saturated rings. The molecule has 2 aromatic heterocycles. The molecule has 0 saturated heterocycles. The topological polar surface area (TPSA) is 41.9 Å². The van der Waals surface area contributed by atoms with Crippen LogP contribution in [0.4, 0.5) is 5.82 Å². The maximum absolute atomic E-state index is 4.93. The van der Waals surface area contributed by atoms with Gasteiger partial charge in [0.2, 0.25) is 0 Å². The lowest BCUT2D eigenvalue weighted by atomic mass is 10.0. The van der Waals surface area contributed by atoms with E-state index in [4.69, 9.17) is 9.97 Å². The van der Waals surface area contributed by atoms with Crippen LogP contribution in [0.15, 0.2) is 109 Å². The van der Waals surface area contributed by atoms with Crippen molar-refractivity contribution in [2.75, 3.05) is 11.9 Å². The molecule has 0 saturated carbocycles. The van der Waals surface area contributed by atoms with Crippen molar-refractivity contribution >= 4 is 5.82 Å². The number of hydrogen-bond donors (Lipinski definition) is 0. The second-order valence-electron chi connectivity index (χ2n) is 8.47. The van der Waals surface area contributed by atoms with Gasteiger partial charge >= 0.3 is 0 Å². The molecule has 34 heavy (non-hydrogen) atoms. The lowest BCUT2D eigenvalue weighted by molar-refractivity contribution is 0.893. The standard InChI is InChI=1S/C30H26N4/c1-22-13-15-24(16-14-22)26-17-27(20-31-19-26)28-18-29(34(2)21-23-9-5-3-6-10-23)33-30(32-28)25-11-7-4-8-12-25/h3-20H,21H2,1-2H3. The van der Waals surface area contributed by atoms with Crippen LogP contribution >= 0.6 is 0 Å². The van der Waals surface area contributed by atoms with E-state index in [1.165, 1.54) is 11.1 Å². The molecular weight excluding hydrogens is 416 g/mol. The highest BCUT2D eigenvalue weighted by Gasteiger charge is 2.13. The Morgan fingerprint density at radius 1 is 0.647 bits per heavy atom. The predicted molar refractivity (Wildman–Crippen MR) is 139 cm³/mol. The predicted octanol–water partition coefficient (Wildman–Crippen LogP) is 6.82. The monoisotopic (exact) mass is 442 g/mol. The summed E-state index contributed by atoms with van der Waals surface area (Å²) in [6.45, 7) is 2.85. The number of benzene rings is 3. The molecule has 0 aliphatic heterocycles. The number of nitrogens with zero attached hydrogens (tertiary/aromatic N) is 4. The van der Waals surface area contributed by atoms with Gasteiger partial charge < -0.3 is 4.90 Å². The van der Waals surface area contributed by atoms with Crippen LogP contribution in [0.25, 0.3) is 33.8 Å². The van der Waals surface area contributed by atoms with Gasteiger partial charge in [0.25, 0.3) is 0 Å². The number of hydrogen-bond acceptors (Lipinski definition) is 4. The van der Waals surface area contributed by atoms with E-state index >= 15 is 0 Å². The Balaban J connectivity index is 1.57. The minimum absolute atomic E-state index is 0.703. The third kappa shape index (κ3) is 4.86. The third-order valence-electron chi connectivity index (χ3n) is 5.82. The smallest absolute Gasteiger partial charge is 0.162 e. The molecule has 5 rings (SSSR count). The van der Waals surface area contributed by atoms with E-state index in [9.17, 15) is 0 Å². The van der Waals surface area contributed by atoms with Crippen molar-refractivity contribution in [2.45, 2.75) is 13.5 Å². The highest BCUT2D eigenvalue weighted by molar-refractivity contribution is 5.73. The van der Waals surface area contributed by atoms with E-state index in [1.54, 1.807) is 0 Å².